The molecule has 9 atom stereocenters. The molecule has 2 heteroatoms. The second kappa shape index (κ2) is 6.28. The lowest BCUT2D eigenvalue weighted by Crippen LogP contribution is -2.54. The summed E-state index contributed by atoms with van der Waals surface area (Å²) in [7, 11) is 1.78. The van der Waals surface area contributed by atoms with Crippen molar-refractivity contribution in [1.29, 1.82) is 0 Å². The number of aliphatic hydroxyl groups excluding tert-OH is 1. The Morgan fingerprint density at radius 3 is 2.44 bits per heavy atom. The van der Waals surface area contributed by atoms with Crippen molar-refractivity contribution in [2.45, 2.75) is 83.8 Å². The summed E-state index contributed by atoms with van der Waals surface area (Å²) in [5.74, 6) is 6.77. The van der Waals surface area contributed by atoms with Crippen LogP contribution in [0.1, 0.15) is 71.6 Å². The van der Waals surface area contributed by atoms with Gasteiger partial charge in [0.1, 0.15) is 6.10 Å². The molecule has 2 nitrogen and oxygen atoms in total. The Bertz CT molecular complexity index is 551. The highest BCUT2D eigenvalue weighted by atomic mass is 16.5. The molecule has 0 spiro atoms. The maximum absolute atomic E-state index is 10.2. The smallest absolute Gasteiger partial charge is 0.120 e. The predicted octanol–water partition coefficient (Wildman–Crippen LogP) is 4.65. The van der Waals surface area contributed by atoms with Crippen molar-refractivity contribution in [3.8, 4) is 12.3 Å². The van der Waals surface area contributed by atoms with Crippen molar-refractivity contribution in [3.05, 3.63) is 0 Å². The fourth-order valence-electron chi connectivity index (χ4n) is 8.12. The molecule has 140 valence electrons. The maximum Gasteiger partial charge on any atom is 0.120 e. The van der Waals surface area contributed by atoms with Crippen LogP contribution in [0.3, 0.4) is 0 Å². The average molecular weight is 345 g/mol. The molecule has 0 amide bonds. The van der Waals surface area contributed by atoms with Crippen molar-refractivity contribution in [2.75, 3.05) is 7.11 Å². The van der Waals surface area contributed by atoms with Gasteiger partial charge in [0.2, 0.25) is 0 Å². The summed E-state index contributed by atoms with van der Waals surface area (Å²) in [6.45, 7) is 5.09. The normalized spacial score (nSPS) is 53.2. The molecule has 0 heterocycles. The van der Waals surface area contributed by atoms with Gasteiger partial charge < -0.3 is 9.84 Å². The summed E-state index contributed by atoms with van der Waals surface area (Å²) in [6.07, 6.45) is 17.0. The summed E-state index contributed by atoms with van der Waals surface area (Å²) in [4.78, 5) is 0. The molecule has 4 fully saturated rings. The third-order valence-corrected chi connectivity index (χ3v) is 9.50. The lowest BCUT2D eigenvalue weighted by atomic mass is 9.44. The van der Waals surface area contributed by atoms with E-state index in [1.165, 1.54) is 44.9 Å². The van der Waals surface area contributed by atoms with Crippen LogP contribution in [0.2, 0.25) is 0 Å². The quantitative estimate of drug-likeness (QED) is 0.739. The lowest BCUT2D eigenvalue weighted by molar-refractivity contribution is -0.131. The molecule has 4 unspecified atom stereocenters. The highest BCUT2D eigenvalue weighted by Gasteiger charge is 2.60. The van der Waals surface area contributed by atoms with Gasteiger partial charge in [0.25, 0.3) is 0 Å². The Balaban J connectivity index is 1.59. The zero-order chi connectivity index (χ0) is 17.8. The van der Waals surface area contributed by atoms with E-state index in [-0.39, 0.29) is 12.2 Å². The monoisotopic (exact) mass is 344 g/mol. The molecule has 0 aromatic heterocycles. The summed E-state index contributed by atoms with van der Waals surface area (Å²) in [5, 5.41) is 10.2. The van der Waals surface area contributed by atoms with Crippen LogP contribution in [0, 0.1) is 52.8 Å². The largest absolute Gasteiger partial charge is 0.393 e. The van der Waals surface area contributed by atoms with Gasteiger partial charge in [-0.05, 0) is 92.3 Å². The summed E-state index contributed by atoms with van der Waals surface area (Å²) >= 11 is 0. The molecule has 0 bridgehead atoms. The molecule has 0 saturated heterocycles. The van der Waals surface area contributed by atoms with Crippen molar-refractivity contribution in [1.82, 2.24) is 0 Å². The van der Waals surface area contributed by atoms with Crippen molar-refractivity contribution < 1.29 is 9.84 Å². The van der Waals surface area contributed by atoms with Crippen LogP contribution in [0.4, 0.5) is 0 Å². The first-order valence-electron chi connectivity index (χ1n) is 10.6. The lowest BCUT2D eigenvalue weighted by Gasteiger charge is -2.61. The molecule has 4 aliphatic carbocycles. The minimum absolute atomic E-state index is 0.0108. The van der Waals surface area contributed by atoms with Gasteiger partial charge in [-0.1, -0.05) is 19.8 Å². The molecule has 0 aliphatic heterocycles. The van der Waals surface area contributed by atoms with Crippen LogP contribution in [-0.2, 0) is 4.74 Å². The van der Waals surface area contributed by atoms with Crippen LogP contribution in [0.25, 0.3) is 0 Å². The number of hydrogen-bond acceptors (Lipinski definition) is 2. The highest BCUT2D eigenvalue weighted by Crippen LogP contribution is 2.67. The molecule has 0 aromatic carbocycles. The molecule has 4 saturated carbocycles. The molecule has 0 radical (unpaired) electrons. The van der Waals surface area contributed by atoms with Crippen molar-refractivity contribution in [3.63, 3.8) is 0 Å². The maximum atomic E-state index is 10.2. The Kier molecular flexibility index (Phi) is 4.49. The van der Waals surface area contributed by atoms with Crippen molar-refractivity contribution in [2.24, 2.45) is 40.4 Å². The van der Waals surface area contributed by atoms with Crippen LogP contribution in [0.5, 0.6) is 0 Å². The predicted molar refractivity (Wildman–Crippen MR) is 101 cm³/mol. The number of aliphatic hydroxyl groups is 1. The summed E-state index contributed by atoms with van der Waals surface area (Å²) < 4.78 is 5.69. The van der Waals surface area contributed by atoms with Gasteiger partial charge in [-0.15, -0.1) is 6.42 Å². The van der Waals surface area contributed by atoms with E-state index >= 15 is 0 Å². The van der Waals surface area contributed by atoms with Gasteiger partial charge in [-0.3, -0.25) is 0 Å². The molecule has 25 heavy (non-hydrogen) atoms. The van der Waals surface area contributed by atoms with Gasteiger partial charge in [-0.2, -0.15) is 0 Å². The third-order valence-electron chi connectivity index (χ3n) is 9.50. The first kappa shape index (κ1) is 17.9. The van der Waals surface area contributed by atoms with E-state index in [2.05, 4.69) is 19.8 Å². The van der Waals surface area contributed by atoms with E-state index in [1.54, 1.807) is 7.11 Å². The number of methoxy groups -OCH3 is 1. The van der Waals surface area contributed by atoms with Crippen LogP contribution in [0.15, 0.2) is 0 Å². The third kappa shape index (κ3) is 2.53. The molecule has 1 N–H and O–H groups in total. The average Bonchev–Trinajstić information content (AvgIpc) is 2.94. The summed E-state index contributed by atoms with van der Waals surface area (Å²) in [6, 6.07) is 0. The fourth-order valence-corrected chi connectivity index (χ4v) is 8.12. The van der Waals surface area contributed by atoms with E-state index in [1.807, 2.05) is 0 Å². The van der Waals surface area contributed by atoms with E-state index < -0.39 is 0 Å². The van der Waals surface area contributed by atoms with Crippen LogP contribution < -0.4 is 0 Å². The van der Waals surface area contributed by atoms with E-state index in [0.717, 1.165) is 36.5 Å². The van der Waals surface area contributed by atoms with Gasteiger partial charge in [0.15, 0.2) is 0 Å². The van der Waals surface area contributed by atoms with Gasteiger partial charge in [0, 0.05) is 13.0 Å². The molecule has 4 aliphatic rings. The number of terminal acetylenes is 1. The van der Waals surface area contributed by atoms with Crippen molar-refractivity contribution >= 4 is 0 Å². The minimum Gasteiger partial charge on any atom is -0.393 e. The topological polar surface area (TPSA) is 29.5 Å². The number of fused-ring (bicyclic) bond motifs is 5. The summed E-state index contributed by atoms with van der Waals surface area (Å²) in [5.41, 5.74) is 0.833. The minimum atomic E-state index is -0.0440. The highest BCUT2D eigenvalue weighted by molar-refractivity contribution is 5.13. The zero-order valence-electron chi connectivity index (χ0n) is 16.3. The molecule has 0 aromatic rings. The number of hydrogen-bond donors (Lipinski definition) is 1. The Hall–Kier alpha value is -0.520. The Morgan fingerprint density at radius 2 is 1.72 bits per heavy atom. The first-order valence-corrected chi connectivity index (χ1v) is 10.6. The standard InChI is InChI=1S/C23H36O2/c1-5-21(25-4)20-9-8-18-17-7-6-15-14-16(24)10-12-22(15,2)19(17)11-13-23(18,20)3/h1,15-21,24H,6-14H2,2-4H3/t15?,16?,17-,18-,19+,20?,21?,22-,23-/m0/s1. The zero-order valence-corrected chi connectivity index (χ0v) is 16.3. The van der Waals surface area contributed by atoms with Gasteiger partial charge in [-0.25, -0.2) is 0 Å². The van der Waals surface area contributed by atoms with Crippen LogP contribution >= 0.6 is 0 Å². The van der Waals surface area contributed by atoms with E-state index in [0.29, 0.717) is 16.7 Å². The SMILES string of the molecule is C#CC(OC)C1CC[C@H]2[C@@H]3CCC4CC(O)CC[C@]4(C)[C@@H]3CC[C@]12C. The number of rotatable bonds is 2. The molecular weight excluding hydrogens is 308 g/mol. The van der Waals surface area contributed by atoms with E-state index in [4.69, 9.17) is 11.2 Å². The van der Waals surface area contributed by atoms with Crippen LogP contribution in [-0.4, -0.2) is 24.4 Å². The van der Waals surface area contributed by atoms with E-state index in [9.17, 15) is 5.11 Å². The fraction of sp³-hybridized carbons (Fsp3) is 0.913. The molecule has 4 rings (SSSR count). The Labute approximate surface area is 154 Å². The number of ether oxygens (including phenoxy) is 1. The van der Waals surface area contributed by atoms with Gasteiger partial charge >= 0.3 is 0 Å². The second-order valence-corrected chi connectivity index (χ2v) is 10.1. The first-order chi connectivity index (χ1) is 11.9. The van der Waals surface area contributed by atoms with Gasteiger partial charge in [0.05, 0.1) is 6.10 Å². The Morgan fingerprint density at radius 1 is 1.00 bits per heavy atom. The molecular formula is C23H36O2. The second-order valence-electron chi connectivity index (χ2n) is 10.1.